The van der Waals surface area contributed by atoms with Gasteiger partial charge < -0.3 is 11.1 Å². The molecule has 1 aromatic heterocycles. The smallest absolute Gasteiger partial charge is 0.193 e. The summed E-state index contributed by atoms with van der Waals surface area (Å²) in [5.41, 5.74) is 8.97. The van der Waals surface area contributed by atoms with E-state index in [0.717, 1.165) is 17.8 Å². The van der Waals surface area contributed by atoms with Gasteiger partial charge in [0.2, 0.25) is 0 Å². The lowest BCUT2D eigenvalue weighted by Gasteiger charge is -2.07. The number of anilines is 1. The van der Waals surface area contributed by atoms with E-state index in [1.807, 2.05) is 19.2 Å². The number of nitrogens with zero attached hydrogens (tertiary/aromatic N) is 4. The van der Waals surface area contributed by atoms with Crippen LogP contribution in [-0.2, 0) is 20.0 Å². The Labute approximate surface area is 135 Å². The van der Waals surface area contributed by atoms with Gasteiger partial charge >= 0.3 is 0 Å². The lowest BCUT2D eigenvalue weighted by Crippen LogP contribution is -2.22. The Morgan fingerprint density at radius 3 is 2.90 bits per heavy atom. The molecule has 0 fully saturated rings. The van der Waals surface area contributed by atoms with Crippen LogP contribution >= 0.6 is 24.0 Å². The third-order valence-electron chi connectivity index (χ3n) is 2.83. The number of hydrogen-bond acceptors (Lipinski definition) is 3. The molecule has 0 amide bonds. The van der Waals surface area contributed by atoms with Gasteiger partial charge in [-0.25, -0.2) is 4.99 Å². The molecule has 0 saturated heterocycles. The number of rotatable bonds is 4. The fourth-order valence-electron chi connectivity index (χ4n) is 1.68. The Morgan fingerprint density at radius 2 is 2.25 bits per heavy atom. The maximum Gasteiger partial charge on any atom is 0.193 e. The summed E-state index contributed by atoms with van der Waals surface area (Å²) in [5.74, 6) is 0.384. The first kappa shape index (κ1) is 16.4. The van der Waals surface area contributed by atoms with E-state index in [9.17, 15) is 0 Å². The Balaban J connectivity index is 0.00000200. The van der Waals surface area contributed by atoms with Crippen molar-refractivity contribution in [3.8, 4) is 0 Å². The summed E-state index contributed by atoms with van der Waals surface area (Å²) in [4.78, 5) is 4.26. The predicted molar refractivity (Wildman–Crippen MR) is 91.2 cm³/mol. The van der Waals surface area contributed by atoms with Crippen LogP contribution in [0.15, 0.2) is 35.5 Å². The molecular formula is C13H19IN6. The van der Waals surface area contributed by atoms with Crippen LogP contribution in [0, 0.1) is 0 Å². The number of aromatic nitrogens is 3. The van der Waals surface area contributed by atoms with Crippen LogP contribution in [0.5, 0.6) is 0 Å². The van der Waals surface area contributed by atoms with Crippen LogP contribution in [0.4, 0.5) is 5.69 Å². The highest BCUT2D eigenvalue weighted by Crippen LogP contribution is 2.10. The summed E-state index contributed by atoms with van der Waals surface area (Å²) < 4.78 is 1.68. The first-order chi connectivity index (χ1) is 9.19. The summed E-state index contributed by atoms with van der Waals surface area (Å²) in [7, 11) is 1.83. The Kier molecular flexibility index (Phi) is 6.43. The minimum Gasteiger partial charge on any atom is -0.370 e. The van der Waals surface area contributed by atoms with E-state index in [2.05, 4.69) is 39.7 Å². The SMILES string of the molecule is CCc1cccc(NC(N)=NCc2cnnn2C)c1.I. The van der Waals surface area contributed by atoms with Gasteiger partial charge in [-0.1, -0.05) is 24.3 Å². The van der Waals surface area contributed by atoms with Gasteiger partial charge in [-0.15, -0.1) is 29.1 Å². The highest BCUT2D eigenvalue weighted by Gasteiger charge is 2.00. The lowest BCUT2D eigenvalue weighted by molar-refractivity contribution is 0.678. The molecule has 1 heterocycles. The molecule has 3 N–H and O–H groups in total. The monoisotopic (exact) mass is 386 g/mol. The molecule has 0 spiro atoms. The zero-order chi connectivity index (χ0) is 13.7. The van der Waals surface area contributed by atoms with Gasteiger partial charge in [0, 0.05) is 12.7 Å². The third kappa shape index (κ3) is 4.48. The molecule has 108 valence electrons. The second-order valence-corrected chi connectivity index (χ2v) is 4.23. The minimum absolute atomic E-state index is 0. The number of halogens is 1. The van der Waals surface area contributed by atoms with E-state index in [4.69, 9.17) is 5.73 Å². The second kappa shape index (κ2) is 7.83. The summed E-state index contributed by atoms with van der Waals surface area (Å²) in [6.07, 6.45) is 2.67. The molecule has 0 aliphatic heterocycles. The molecule has 2 aromatic rings. The maximum absolute atomic E-state index is 5.85. The van der Waals surface area contributed by atoms with E-state index < -0.39 is 0 Å². The third-order valence-corrected chi connectivity index (χ3v) is 2.83. The number of benzene rings is 1. The van der Waals surface area contributed by atoms with E-state index in [0.29, 0.717) is 12.5 Å². The summed E-state index contributed by atoms with van der Waals surface area (Å²) in [6, 6.07) is 8.11. The van der Waals surface area contributed by atoms with Crippen LogP contribution < -0.4 is 11.1 Å². The average Bonchev–Trinajstić information content (AvgIpc) is 2.82. The van der Waals surface area contributed by atoms with Crippen LogP contribution in [-0.4, -0.2) is 21.0 Å². The van der Waals surface area contributed by atoms with Crippen molar-refractivity contribution in [3.05, 3.63) is 41.7 Å². The van der Waals surface area contributed by atoms with Crippen molar-refractivity contribution >= 4 is 35.6 Å². The molecule has 6 nitrogen and oxygen atoms in total. The van der Waals surface area contributed by atoms with Crippen molar-refractivity contribution in [1.29, 1.82) is 0 Å². The first-order valence-electron chi connectivity index (χ1n) is 6.18. The van der Waals surface area contributed by atoms with Gasteiger partial charge in [-0.05, 0) is 24.1 Å². The molecule has 0 radical (unpaired) electrons. The van der Waals surface area contributed by atoms with Crippen molar-refractivity contribution < 1.29 is 0 Å². The molecular weight excluding hydrogens is 367 g/mol. The normalized spacial score (nSPS) is 11.0. The topological polar surface area (TPSA) is 81.1 Å². The zero-order valence-corrected chi connectivity index (χ0v) is 13.9. The van der Waals surface area contributed by atoms with Crippen molar-refractivity contribution in [2.24, 2.45) is 17.8 Å². The minimum atomic E-state index is 0. The lowest BCUT2D eigenvalue weighted by atomic mass is 10.1. The highest BCUT2D eigenvalue weighted by molar-refractivity contribution is 14.0. The molecule has 20 heavy (non-hydrogen) atoms. The summed E-state index contributed by atoms with van der Waals surface area (Å²) in [6.45, 7) is 2.57. The first-order valence-corrected chi connectivity index (χ1v) is 6.18. The van der Waals surface area contributed by atoms with Gasteiger partial charge in [-0.2, -0.15) is 0 Å². The van der Waals surface area contributed by atoms with Crippen molar-refractivity contribution in [2.75, 3.05) is 5.32 Å². The second-order valence-electron chi connectivity index (χ2n) is 4.23. The van der Waals surface area contributed by atoms with Crippen LogP contribution in [0.25, 0.3) is 0 Å². The van der Waals surface area contributed by atoms with Crippen molar-refractivity contribution in [3.63, 3.8) is 0 Å². The summed E-state index contributed by atoms with van der Waals surface area (Å²) >= 11 is 0. The number of nitrogens with two attached hydrogens (primary N) is 1. The highest BCUT2D eigenvalue weighted by atomic mass is 127. The molecule has 2 rings (SSSR count). The molecule has 0 bridgehead atoms. The Morgan fingerprint density at radius 1 is 1.45 bits per heavy atom. The van der Waals surface area contributed by atoms with Gasteiger partial charge in [0.25, 0.3) is 0 Å². The van der Waals surface area contributed by atoms with E-state index in [1.165, 1.54) is 5.56 Å². The zero-order valence-electron chi connectivity index (χ0n) is 11.6. The maximum atomic E-state index is 5.85. The molecule has 7 heteroatoms. The quantitative estimate of drug-likeness (QED) is 0.478. The van der Waals surface area contributed by atoms with Gasteiger partial charge in [0.05, 0.1) is 18.4 Å². The van der Waals surface area contributed by atoms with E-state index >= 15 is 0 Å². The Hall–Kier alpha value is -1.64. The van der Waals surface area contributed by atoms with Crippen LogP contribution in [0.3, 0.4) is 0 Å². The van der Waals surface area contributed by atoms with Gasteiger partial charge in [0.1, 0.15) is 0 Å². The largest absolute Gasteiger partial charge is 0.370 e. The van der Waals surface area contributed by atoms with Crippen molar-refractivity contribution in [2.45, 2.75) is 19.9 Å². The van der Waals surface area contributed by atoms with Crippen molar-refractivity contribution in [1.82, 2.24) is 15.0 Å². The molecule has 0 aliphatic rings. The molecule has 1 aromatic carbocycles. The molecule has 0 aliphatic carbocycles. The fraction of sp³-hybridized carbons (Fsp3) is 0.308. The number of guanidine groups is 1. The van der Waals surface area contributed by atoms with Gasteiger partial charge in [0.15, 0.2) is 5.96 Å². The standard InChI is InChI=1S/C13H18N6.HI/c1-3-10-5-4-6-11(7-10)17-13(14)15-8-12-9-16-18-19(12)2;/h4-7,9H,3,8H2,1-2H3,(H3,14,15,17);1H. The molecule has 0 atom stereocenters. The average molecular weight is 386 g/mol. The number of hydrogen-bond donors (Lipinski definition) is 2. The number of nitrogens with one attached hydrogen (secondary N) is 1. The number of aliphatic imine (C=N–C) groups is 1. The van der Waals surface area contributed by atoms with E-state index in [-0.39, 0.29) is 24.0 Å². The van der Waals surface area contributed by atoms with Crippen LogP contribution in [0.2, 0.25) is 0 Å². The predicted octanol–water partition coefficient (Wildman–Crippen LogP) is 1.92. The van der Waals surface area contributed by atoms with Crippen LogP contribution in [0.1, 0.15) is 18.2 Å². The molecule has 0 saturated carbocycles. The van der Waals surface area contributed by atoms with Gasteiger partial charge in [-0.3, -0.25) is 4.68 Å². The number of aryl methyl sites for hydroxylation is 2. The van der Waals surface area contributed by atoms with E-state index in [1.54, 1.807) is 10.9 Å². The fourth-order valence-corrected chi connectivity index (χ4v) is 1.68. The Bertz CT molecular complexity index is 578. The summed E-state index contributed by atoms with van der Waals surface area (Å²) in [5, 5.41) is 10.7. The molecule has 0 unspecified atom stereocenters.